The molecular weight excluding hydrogens is 278 g/mol. The van der Waals surface area contributed by atoms with Crippen molar-refractivity contribution in [1.29, 1.82) is 0 Å². The van der Waals surface area contributed by atoms with Crippen molar-refractivity contribution in [3.05, 3.63) is 71.9 Å². The van der Waals surface area contributed by atoms with Gasteiger partial charge < -0.3 is 10.1 Å². The maximum Gasteiger partial charge on any atom is 0.273 e. The Morgan fingerprint density at radius 1 is 1.14 bits per heavy atom. The lowest BCUT2D eigenvalue weighted by Crippen LogP contribution is -2.25. The number of nitrogens with zero attached hydrogens (tertiary/aromatic N) is 1. The molecule has 1 atom stereocenters. The van der Waals surface area contributed by atoms with Gasteiger partial charge in [-0.15, -0.1) is 0 Å². The van der Waals surface area contributed by atoms with E-state index in [0.29, 0.717) is 5.56 Å². The molecule has 0 bridgehead atoms. The van der Waals surface area contributed by atoms with E-state index in [-0.39, 0.29) is 0 Å². The average Bonchev–Trinajstić information content (AvgIpc) is 2.98. The molecule has 5 nitrogen and oxygen atoms in total. The first-order chi connectivity index (χ1) is 10.8. The van der Waals surface area contributed by atoms with Crippen molar-refractivity contribution in [3.63, 3.8) is 0 Å². The smallest absolute Gasteiger partial charge is 0.273 e. The highest BCUT2D eigenvalue weighted by atomic mass is 16.3. The zero-order chi connectivity index (χ0) is 15.4. The Balaban J connectivity index is 1.68. The van der Waals surface area contributed by atoms with Crippen molar-refractivity contribution in [3.8, 4) is 0 Å². The number of H-pyrrole nitrogens is 1. The fourth-order valence-electron chi connectivity index (χ4n) is 2.21. The average molecular weight is 293 g/mol. The van der Waals surface area contributed by atoms with Gasteiger partial charge in [0.25, 0.3) is 5.91 Å². The van der Waals surface area contributed by atoms with Gasteiger partial charge >= 0.3 is 0 Å². The Morgan fingerprint density at radius 3 is 2.68 bits per heavy atom. The zero-order valence-corrected chi connectivity index (χ0v) is 11.7. The highest BCUT2D eigenvalue weighted by molar-refractivity contribution is 5.99. The number of aromatic nitrogens is 1. The largest absolute Gasteiger partial charge is 0.378 e. The lowest BCUT2D eigenvalue weighted by Gasteiger charge is -2.08. The molecule has 0 aliphatic rings. The summed E-state index contributed by atoms with van der Waals surface area (Å²) < 4.78 is 0. The van der Waals surface area contributed by atoms with Gasteiger partial charge in [0.15, 0.2) is 6.10 Å². The normalized spacial score (nSPS) is 12.6. The van der Waals surface area contributed by atoms with E-state index in [2.05, 4.69) is 15.5 Å². The number of benzene rings is 2. The van der Waals surface area contributed by atoms with Crippen LogP contribution in [0.3, 0.4) is 0 Å². The summed E-state index contributed by atoms with van der Waals surface area (Å²) in [5, 5.41) is 14.8. The molecule has 3 rings (SSSR count). The Morgan fingerprint density at radius 2 is 1.86 bits per heavy atom. The van der Waals surface area contributed by atoms with Gasteiger partial charge in [-0.25, -0.2) is 5.43 Å². The van der Waals surface area contributed by atoms with E-state index < -0.39 is 12.0 Å². The molecule has 0 saturated carbocycles. The first-order valence-electron chi connectivity index (χ1n) is 6.88. The maximum atomic E-state index is 11.9. The number of para-hydroxylation sites is 1. The Kier molecular flexibility index (Phi) is 3.98. The van der Waals surface area contributed by atoms with Crippen LogP contribution >= 0.6 is 0 Å². The van der Waals surface area contributed by atoms with Gasteiger partial charge in [0, 0.05) is 22.7 Å². The summed E-state index contributed by atoms with van der Waals surface area (Å²) in [6.45, 7) is 0. The van der Waals surface area contributed by atoms with E-state index >= 15 is 0 Å². The summed E-state index contributed by atoms with van der Waals surface area (Å²) in [6.07, 6.45) is 2.13. The third kappa shape index (κ3) is 2.89. The number of nitrogens with one attached hydrogen (secondary N) is 2. The van der Waals surface area contributed by atoms with Gasteiger partial charge in [-0.3, -0.25) is 4.79 Å². The first kappa shape index (κ1) is 14.0. The van der Waals surface area contributed by atoms with Gasteiger partial charge in [0.2, 0.25) is 0 Å². The Labute approximate surface area is 127 Å². The third-order valence-corrected chi connectivity index (χ3v) is 3.36. The highest BCUT2D eigenvalue weighted by Crippen LogP contribution is 2.15. The number of aliphatic hydroxyl groups excluding tert-OH is 1. The van der Waals surface area contributed by atoms with Gasteiger partial charge in [-0.1, -0.05) is 48.5 Å². The van der Waals surface area contributed by atoms with Crippen LogP contribution in [-0.2, 0) is 4.79 Å². The number of rotatable bonds is 4. The predicted octanol–water partition coefficient (Wildman–Crippen LogP) is 2.35. The number of carbonyl (C=O) groups is 1. The molecule has 1 amide bonds. The summed E-state index contributed by atoms with van der Waals surface area (Å²) in [5.74, 6) is -0.567. The molecule has 5 heteroatoms. The highest BCUT2D eigenvalue weighted by Gasteiger charge is 2.15. The summed E-state index contributed by atoms with van der Waals surface area (Å²) in [6, 6.07) is 16.5. The van der Waals surface area contributed by atoms with Crippen molar-refractivity contribution >= 4 is 23.0 Å². The van der Waals surface area contributed by atoms with Crippen LogP contribution in [0.25, 0.3) is 10.9 Å². The van der Waals surface area contributed by atoms with Gasteiger partial charge in [-0.2, -0.15) is 5.10 Å². The van der Waals surface area contributed by atoms with Crippen LogP contribution in [0, 0.1) is 0 Å². The number of amides is 1. The molecule has 0 spiro atoms. The topological polar surface area (TPSA) is 77.5 Å². The van der Waals surface area contributed by atoms with Crippen LogP contribution in [0.5, 0.6) is 0 Å². The van der Waals surface area contributed by atoms with E-state index in [1.165, 1.54) is 0 Å². The van der Waals surface area contributed by atoms with Crippen LogP contribution in [-0.4, -0.2) is 22.2 Å². The van der Waals surface area contributed by atoms with E-state index in [1.54, 1.807) is 30.5 Å². The lowest BCUT2D eigenvalue weighted by atomic mass is 10.1. The zero-order valence-electron chi connectivity index (χ0n) is 11.7. The fraction of sp³-hybridized carbons (Fsp3) is 0.0588. The minimum absolute atomic E-state index is 0.530. The number of hydrazone groups is 1. The second-order valence-electron chi connectivity index (χ2n) is 4.84. The van der Waals surface area contributed by atoms with Crippen molar-refractivity contribution in [1.82, 2.24) is 10.4 Å². The summed E-state index contributed by atoms with van der Waals surface area (Å²) in [5.41, 5.74) is 4.75. The maximum absolute atomic E-state index is 11.9. The third-order valence-electron chi connectivity index (χ3n) is 3.36. The minimum atomic E-state index is -1.23. The minimum Gasteiger partial charge on any atom is -0.378 e. The van der Waals surface area contributed by atoms with Crippen LogP contribution in [0.4, 0.5) is 0 Å². The quantitative estimate of drug-likeness (QED) is 0.510. The second-order valence-corrected chi connectivity index (χ2v) is 4.84. The predicted molar refractivity (Wildman–Crippen MR) is 85.4 cm³/mol. The van der Waals surface area contributed by atoms with Crippen molar-refractivity contribution < 1.29 is 9.90 Å². The lowest BCUT2D eigenvalue weighted by molar-refractivity contribution is -0.129. The summed E-state index contributed by atoms with van der Waals surface area (Å²) >= 11 is 0. The number of hydrogen-bond acceptors (Lipinski definition) is 3. The number of carbonyl (C=O) groups excluding carboxylic acids is 1. The second kappa shape index (κ2) is 6.24. The molecule has 0 aliphatic heterocycles. The van der Waals surface area contributed by atoms with Gasteiger partial charge in [-0.05, 0) is 11.6 Å². The molecule has 110 valence electrons. The molecule has 0 saturated heterocycles. The first-order valence-corrected chi connectivity index (χ1v) is 6.88. The van der Waals surface area contributed by atoms with Crippen LogP contribution in [0.1, 0.15) is 17.2 Å². The Bertz CT molecular complexity index is 809. The van der Waals surface area contributed by atoms with E-state index in [1.807, 2.05) is 36.5 Å². The molecule has 0 aliphatic carbocycles. The van der Waals surface area contributed by atoms with Crippen LogP contribution in [0.15, 0.2) is 65.9 Å². The molecule has 3 aromatic rings. The fourth-order valence-corrected chi connectivity index (χ4v) is 2.21. The molecule has 2 aromatic carbocycles. The van der Waals surface area contributed by atoms with E-state index in [9.17, 15) is 9.90 Å². The van der Waals surface area contributed by atoms with Crippen molar-refractivity contribution in [2.45, 2.75) is 6.10 Å². The molecule has 0 fully saturated rings. The molecule has 1 heterocycles. The molecule has 3 N–H and O–H groups in total. The molecule has 1 aromatic heterocycles. The molecule has 22 heavy (non-hydrogen) atoms. The summed E-state index contributed by atoms with van der Waals surface area (Å²) in [4.78, 5) is 15.0. The number of hydrogen-bond donors (Lipinski definition) is 3. The van der Waals surface area contributed by atoms with Gasteiger partial charge in [0.05, 0.1) is 6.21 Å². The molecule has 0 unspecified atom stereocenters. The standard InChI is InChI=1S/C17H15N3O2/c21-16(12-6-2-1-3-7-12)17(22)20-19-11-13-10-18-15-9-5-4-8-14(13)15/h1-11,16,18,21H,(H,20,22)/t16-/m1/s1. The van der Waals surface area contributed by atoms with Gasteiger partial charge in [0.1, 0.15) is 0 Å². The van der Waals surface area contributed by atoms with Crippen LogP contribution < -0.4 is 5.43 Å². The summed E-state index contributed by atoms with van der Waals surface area (Å²) in [7, 11) is 0. The van der Waals surface area contributed by atoms with Crippen molar-refractivity contribution in [2.75, 3.05) is 0 Å². The number of aromatic amines is 1. The van der Waals surface area contributed by atoms with Crippen LogP contribution in [0.2, 0.25) is 0 Å². The molecular formula is C17H15N3O2. The van der Waals surface area contributed by atoms with Crippen molar-refractivity contribution in [2.24, 2.45) is 5.10 Å². The molecule has 0 radical (unpaired) electrons. The number of fused-ring (bicyclic) bond motifs is 1. The van der Waals surface area contributed by atoms with E-state index in [0.717, 1.165) is 16.5 Å². The number of aliphatic hydroxyl groups is 1. The SMILES string of the molecule is O=C(NN=Cc1c[nH]c2ccccc12)[C@H](O)c1ccccc1. The monoisotopic (exact) mass is 293 g/mol. The van der Waals surface area contributed by atoms with E-state index in [4.69, 9.17) is 0 Å². The Hall–Kier alpha value is -2.92.